The molecule has 0 N–H and O–H groups in total. The van der Waals surface area contributed by atoms with Gasteiger partial charge >= 0.3 is 0 Å². The van der Waals surface area contributed by atoms with Crippen molar-refractivity contribution in [1.29, 1.82) is 0 Å². The standard InChI is InChI=1S/C16H18O4/c1-2-5-13(17-9-15-11-19-15)7-4-8-14(6-3-1)18-10-16-12-20-16/h1-8,15-16H,9-12H2. The zero-order valence-corrected chi connectivity index (χ0v) is 11.2. The Bertz CT molecular complexity index is 452. The van der Waals surface area contributed by atoms with Crippen molar-refractivity contribution in [3.63, 3.8) is 0 Å². The summed E-state index contributed by atoms with van der Waals surface area (Å²) < 4.78 is 21.6. The fourth-order valence-corrected chi connectivity index (χ4v) is 1.61. The maximum Gasteiger partial charge on any atom is 0.119 e. The first-order chi connectivity index (χ1) is 9.90. The molecule has 20 heavy (non-hydrogen) atoms. The molecular formula is C16H18O4. The molecule has 0 bridgehead atoms. The molecule has 2 atom stereocenters. The van der Waals surface area contributed by atoms with E-state index >= 15 is 0 Å². The fourth-order valence-electron chi connectivity index (χ4n) is 1.61. The van der Waals surface area contributed by atoms with Gasteiger partial charge in [-0.15, -0.1) is 0 Å². The van der Waals surface area contributed by atoms with Crippen LogP contribution < -0.4 is 9.47 Å². The number of hydrogen-bond acceptors (Lipinski definition) is 4. The van der Waals surface area contributed by atoms with E-state index in [0.29, 0.717) is 13.2 Å². The molecule has 4 nitrogen and oxygen atoms in total. The van der Waals surface area contributed by atoms with Crippen LogP contribution in [0, 0.1) is 0 Å². The molecule has 106 valence electrons. The van der Waals surface area contributed by atoms with E-state index in [1.54, 1.807) is 0 Å². The zero-order valence-electron chi connectivity index (χ0n) is 11.2. The summed E-state index contributed by atoms with van der Waals surface area (Å²) in [5, 5.41) is 0. The Hall–Kier alpha value is -1.78. The maximum absolute atomic E-state index is 5.67. The highest BCUT2D eigenvalue weighted by Crippen LogP contribution is 2.15. The summed E-state index contributed by atoms with van der Waals surface area (Å²) in [5.41, 5.74) is 0. The highest BCUT2D eigenvalue weighted by atomic mass is 16.6. The second-order valence-corrected chi connectivity index (χ2v) is 4.77. The van der Waals surface area contributed by atoms with Gasteiger partial charge in [0, 0.05) is 0 Å². The first-order valence-electron chi connectivity index (χ1n) is 6.82. The van der Waals surface area contributed by atoms with Crippen molar-refractivity contribution >= 4 is 0 Å². The van der Waals surface area contributed by atoms with Crippen LogP contribution in [0.2, 0.25) is 0 Å². The predicted octanol–water partition coefficient (Wildman–Crippen LogP) is 2.37. The van der Waals surface area contributed by atoms with E-state index in [4.69, 9.17) is 18.9 Å². The first-order valence-corrected chi connectivity index (χ1v) is 6.82. The normalized spacial score (nSPS) is 22.6. The lowest BCUT2D eigenvalue weighted by atomic mass is 10.3. The number of rotatable bonds is 6. The minimum atomic E-state index is 0.261. The number of epoxide rings is 2. The lowest BCUT2D eigenvalue weighted by Gasteiger charge is -2.02. The smallest absolute Gasteiger partial charge is 0.119 e. The molecule has 0 radical (unpaired) electrons. The molecule has 1 aromatic carbocycles. The van der Waals surface area contributed by atoms with E-state index in [1.807, 2.05) is 48.5 Å². The second kappa shape index (κ2) is 6.59. The summed E-state index contributed by atoms with van der Waals surface area (Å²) in [4.78, 5) is 0. The van der Waals surface area contributed by atoms with Crippen molar-refractivity contribution in [3.8, 4) is 11.5 Å². The molecule has 2 fully saturated rings. The van der Waals surface area contributed by atoms with E-state index in [2.05, 4.69) is 0 Å². The Morgan fingerprint density at radius 3 is 1.65 bits per heavy atom. The maximum atomic E-state index is 5.67. The molecule has 0 spiro atoms. The Kier molecular flexibility index (Phi) is 4.35. The third-order valence-corrected chi connectivity index (χ3v) is 2.94. The predicted molar refractivity (Wildman–Crippen MR) is 74.5 cm³/mol. The van der Waals surface area contributed by atoms with Crippen LogP contribution in [-0.2, 0) is 9.47 Å². The summed E-state index contributed by atoms with van der Waals surface area (Å²) >= 11 is 0. The number of hydrogen-bond donors (Lipinski definition) is 0. The molecule has 3 rings (SSSR count). The molecule has 2 heterocycles. The highest BCUT2D eigenvalue weighted by Gasteiger charge is 2.23. The van der Waals surface area contributed by atoms with Crippen LogP contribution in [0.1, 0.15) is 0 Å². The molecule has 2 aliphatic heterocycles. The van der Waals surface area contributed by atoms with Gasteiger partial charge in [-0.1, -0.05) is 24.3 Å². The van der Waals surface area contributed by atoms with Crippen molar-refractivity contribution in [1.82, 2.24) is 0 Å². The monoisotopic (exact) mass is 274 g/mol. The lowest BCUT2D eigenvalue weighted by molar-refractivity contribution is 0.262. The average Bonchev–Trinajstić information content (AvgIpc) is 3.35. The van der Waals surface area contributed by atoms with Gasteiger partial charge in [-0.25, -0.2) is 0 Å². The third kappa shape index (κ3) is 4.72. The Balaban J connectivity index is 1.66. The van der Waals surface area contributed by atoms with E-state index in [9.17, 15) is 0 Å². The van der Waals surface area contributed by atoms with Crippen LogP contribution in [0.15, 0.2) is 48.5 Å². The van der Waals surface area contributed by atoms with Gasteiger partial charge in [0.05, 0.1) is 13.2 Å². The second-order valence-electron chi connectivity index (χ2n) is 4.77. The van der Waals surface area contributed by atoms with E-state index < -0.39 is 0 Å². The molecule has 0 aliphatic carbocycles. The van der Waals surface area contributed by atoms with Crippen LogP contribution in [0.5, 0.6) is 11.5 Å². The molecule has 2 saturated heterocycles. The molecule has 1 aromatic rings. The summed E-state index contributed by atoms with van der Waals surface area (Å²) in [7, 11) is 0. The molecule has 0 saturated carbocycles. The van der Waals surface area contributed by atoms with Crippen LogP contribution >= 0.6 is 0 Å². The van der Waals surface area contributed by atoms with Crippen molar-refractivity contribution in [2.75, 3.05) is 26.4 Å². The van der Waals surface area contributed by atoms with Gasteiger partial charge in [0.25, 0.3) is 0 Å². The van der Waals surface area contributed by atoms with Gasteiger partial charge < -0.3 is 18.9 Å². The first kappa shape index (κ1) is 13.2. The van der Waals surface area contributed by atoms with Crippen molar-refractivity contribution < 1.29 is 18.9 Å². The van der Waals surface area contributed by atoms with Crippen molar-refractivity contribution in [2.24, 2.45) is 0 Å². The minimum absolute atomic E-state index is 0.261. The molecule has 4 heteroatoms. The van der Waals surface area contributed by atoms with Gasteiger partial charge in [0.15, 0.2) is 0 Å². The highest BCUT2D eigenvalue weighted by molar-refractivity contribution is 5.23. The quantitative estimate of drug-likeness (QED) is 0.747. The summed E-state index contributed by atoms with van der Waals surface area (Å²) in [5.74, 6) is 1.63. The SMILES string of the molecule is c1ccc(OCC2CO2)cccc(OCC2CO2)cc1. The fraction of sp³-hybridized carbons (Fsp3) is 0.375. The van der Waals surface area contributed by atoms with Gasteiger partial charge in [0.1, 0.15) is 36.9 Å². The van der Waals surface area contributed by atoms with Gasteiger partial charge in [0.2, 0.25) is 0 Å². The van der Waals surface area contributed by atoms with E-state index in [0.717, 1.165) is 24.7 Å². The van der Waals surface area contributed by atoms with Crippen molar-refractivity contribution in [2.45, 2.75) is 12.2 Å². The summed E-state index contributed by atoms with van der Waals surface area (Å²) in [6.45, 7) is 2.81. The van der Waals surface area contributed by atoms with Gasteiger partial charge in [-0.05, 0) is 24.3 Å². The molecule has 2 unspecified atom stereocenters. The Morgan fingerprint density at radius 2 is 1.20 bits per heavy atom. The van der Waals surface area contributed by atoms with E-state index in [-0.39, 0.29) is 12.2 Å². The molecule has 0 amide bonds. The Labute approximate surface area is 118 Å². The number of ether oxygens (including phenoxy) is 4. The van der Waals surface area contributed by atoms with Crippen LogP contribution in [0.3, 0.4) is 0 Å². The van der Waals surface area contributed by atoms with Gasteiger partial charge in [-0.2, -0.15) is 0 Å². The minimum Gasteiger partial charge on any atom is -0.491 e. The van der Waals surface area contributed by atoms with Crippen LogP contribution in [0.25, 0.3) is 0 Å². The lowest BCUT2D eigenvalue weighted by Crippen LogP contribution is -2.03. The van der Waals surface area contributed by atoms with Crippen LogP contribution in [0.4, 0.5) is 0 Å². The molecule has 0 aromatic heterocycles. The summed E-state index contributed by atoms with van der Waals surface area (Å²) in [6.07, 6.45) is 0.521. The third-order valence-electron chi connectivity index (χ3n) is 2.94. The molecule has 2 aliphatic rings. The average molecular weight is 274 g/mol. The van der Waals surface area contributed by atoms with Crippen molar-refractivity contribution in [3.05, 3.63) is 48.5 Å². The molecular weight excluding hydrogens is 256 g/mol. The largest absolute Gasteiger partial charge is 0.491 e. The topological polar surface area (TPSA) is 43.5 Å². The summed E-state index contributed by atoms with van der Waals surface area (Å²) in [6, 6.07) is 15.5. The van der Waals surface area contributed by atoms with Crippen LogP contribution in [-0.4, -0.2) is 38.6 Å². The van der Waals surface area contributed by atoms with Gasteiger partial charge in [-0.3, -0.25) is 0 Å². The Morgan fingerprint density at radius 1 is 0.750 bits per heavy atom. The van der Waals surface area contributed by atoms with E-state index in [1.165, 1.54) is 0 Å². The zero-order chi connectivity index (χ0) is 13.6.